The summed E-state index contributed by atoms with van der Waals surface area (Å²) in [6, 6.07) is 7.23. The summed E-state index contributed by atoms with van der Waals surface area (Å²) < 4.78 is 25.4. The lowest BCUT2D eigenvalue weighted by Crippen LogP contribution is -2.50. The lowest BCUT2D eigenvalue weighted by Gasteiger charge is -2.33. The molecule has 0 saturated carbocycles. The highest BCUT2D eigenvalue weighted by Gasteiger charge is 2.21. The van der Waals surface area contributed by atoms with Gasteiger partial charge in [0.25, 0.3) is 0 Å². The van der Waals surface area contributed by atoms with Crippen molar-refractivity contribution in [1.82, 2.24) is 10.2 Å². The summed E-state index contributed by atoms with van der Waals surface area (Å²) >= 11 is 3.31. The Morgan fingerprint density at radius 1 is 1.37 bits per heavy atom. The van der Waals surface area contributed by atoms with E-state index >= 15 is 0 Å². The fourth-order valence-electron chi connectivity index (χ4n) is 2.21. The SMILES string of the molecule is C[C@@H]1CNCCN1CCS(=O)(=O)c1ccc(Br)cc1. The molecule has 0 spiro atoms. The summed E-state index contributed by atoms with van der Waals surface area (Å²) in [6.07, 6.45) is 0. The maximum atomic E-state index is 12.2. The molecule has 2 rings (SSSR count). The summed E-state index contributed by atoms with van der Waals surface area (Å²) in [5.74, 6) is 0.180. The van der Waals surface area contributed by atoms with Crippen LogP contribution >= 0.6 is 15.9 Å². The Balaban J connectivity index is 1.99. The molecular weight excluding hydrogens is 328 g/mol. The number of halogens is 1. The molecule has 6 heteroatoms. The van der Waals surface area contributed by atoms with Crippen molar-refractivity contribution in [3.8, 4) is 0 Å². The van der Waals surface area contributed by atoms with E-state index in [-0.39, 0.29) is 5.75 Å². The van der Waals surface area contributed by atoms with Crippen molar-refractivity contribution >= 4 is 25.8 Å². The number of nitrogens with zero attached hydrogens (tertiary/aromatic N) is 1. The maximum absolute atomic E-state index is 12.2. The topological polar surface area (TPSA) is 49.4 Å². The molecule has 1 aromatic carbocycles. The normalized spacial score (nSPS) is 21.5. The highest BCUT2D eigenvalue weighted by atomic mass is 79.9. The second-order valence-electron chi connectivity index (χ2n) is 4.86. The molecule has 1 aliphatic rings. The van der Waals surface area contributed by atoms with Gasteiger partial charge in [-0.05, 0) is 31.2 Å². The Bertz CT molecular complexity index is 516. The molecule has 0 aliphatic carbocycles. The molecule has 1 aliphatic heterocycles. The molecule has 0 radical (unpaired) electrons. The molecule has 0 unspecified atom stereocenters. The Labute approximate surface area is 123 Å². The zero-order valence-electron chi connectivity index (χ0n) is 11.0. The molecule has 1 aromatic rings. The molecule has 106 valence electrons. The number of piperazine rings is 1. The van der Waals surface area contributed by atoms with Gasteiger partial charge in [0.2, 0.25) is 0 Å². The third-order valence-electron chi connectivity index (χ3n) is 3.46. The number of nitrogens with one attached hydrogen (secondary N) is 1. The first-order valence-corrected chi connectivity index (χ1v) is 8.87. The molecule has 1 fully saturated rings. The maximum Gasteiger partial charge on any atom is 0.179 e. The first-order valence-electron chi connectivity index (χ1n) is 6.42. The van der Waals surface area contributed by atoms with Crippen molar-refractivity contribution in [1.29, 1.82) is 0 Å². The van der Waals surface area contributed by atoms with E-state index in [4.69, 9.17) is 0 Å². The Hall–Kier alpha value is -0.430. The van der Waals surface area contributed by atoms with Gasteiger partial charge in [-0.25, -0.2) is 8.42 Å². The van der Waals surface area contributed by atoms with Gasteiger partial charge in [-0.2, -0.15) is 0 Å². The standard InChI is InChI=1S/C13H19BrN2O2S/c1-11-10-15-6-7-16(11)8-9-19(17,18)13-4-2-12(14)3-5-13/h2-5,11,15H,6-10H2,1H3/t11-/m1/s1. The summed E-state index contributed by atoms with van der Waals surface area (Å²) in [5.41, 5.74) is 0. The molecule has 1 saturated heterocycles. The molecule has 0 aromatic heterocycles. The lowest BCUT2D eigenvalue weighted by molar-refractivity contribution is 0.184. The van der Waals surface area contributed by atoms with Crippen LogP contribution in [0.3, 0.4) is 0 Å². The predicted octanol–water partition coefficient (Wildman–Crippen LogP) is 1.52. The number of rotatable bonds is 4. The fourth-order valence-corrected chi connectivity index (χ4v) is 3.74. The van der Waals surface area contributed by atoms with Crippen molar-refractivity contribution in [2.24, 2.45) is 0 Å². The third-order valence-corrected chi connectivity index (χ3v) is 5.70. The highest BCUT2D eigenvalue weighted by Crippen LogP contribution is 2.16. The smallest absolute Gasteiger partial charge is 0.179 e. The van der Waals surface area contributed by atoms with E-state index in [1.54, 1.807) is 24.3 Å². The quantitative estimate of drug-likeness (QED) is 0.897. The minimum absolute atomic E-state index is 0.180. The van der Waals surface area contributed by atoms with Gasteiger partial charge in [0.1, 0.15) is 0 Å². The van der Waals surface area contributed by atoms with Crippen LogP contribution in [0.2, 0.25) is 0 Å². The molecule has 1 heterocycles. The molecule has 0 bridgehead atoms. The summed E-state index contributed by atoms with van der Waals surface area (Å²) in [6.45, 7) is 5.50. The Morgan fingerprint density at radius 3 is 2.68 bits per heavy atom. The van der Waals surface area contributed by atoms with Crippen molar-refractivity contribution in [3.63, 3.8) is 0 Å². The van der Waals surface area contributed by atoms with E-state index < -0.39 is 9.84 Å². The van der Waals surface area contributed by atoms with Gasteiger partial charge in [0.05, 0.1) is 10.6 Å². The summed E-state index contributed by atoms with van der Waals surface area (Å²) in [5, 5.41) is 3.30. The first-order chi connectivity index (χ1) is 8.99. The minimum Gasteiger partial charge on any atom is -0.314 e. The van der Waals surface area contributed by atoms with Gasteiger partial charge in [0, 0.05) is 36.7 Å². The van der Waals surface area contributed by atoms with Gasteiger partial charge in [-0.3, -0.25) is 4.90 Å². The van der Waals surface area contributed by atoms with Crippen LogP contribution in [0.1, 0.15) is 6.92 Å². The van der Waals surface area contributed by atoms with Crippen LogP contribution in [-0.4, -0.2) is 51.3 Å². The largest absolute Gasteiger partial charge is 0.314 e. The van der Waals surface area contributed by atoms with Crippen LogP contribution < -0.4 is 5.32 Å². The average molecular weight is 347 g/mol. The van der Waals surface area contributed by atoms with Gasteiger partial charge in [-0.1, -0.05) is 15.9 Å². The monoisotopic (exact) mass is 346 g/mol. The van der Waals surface area contributed by atoms with Crippen molar-refractivity contribution in [2.75, 3.05) is 31.9 Å². The highest BCUT2D eigenvalue weighted by molar-refractivity contribution is 9.10. The van der Waals surface area contributed by atoms with Crippen LogP contribution in [0.25, 0.3) is 0 Å². The van der Waals surface area contributed by atoms with E-state index in [9.17, 15) is 8.42 Å². The van der Waals surface area contributed by atoms with Gasteiger partial charge >= 0.3 is 0 Å². The molecule has 4 nitrogen and oxygen atoms in total. The summed E-state index contributed by atoms with van der Waals surface area (Å²) in [4.78, 5) is 2.63. The molecule has 19 heavy (non-hydrogen) atoms. The van der Waals surface area contributed by atoms with E-state index in [0.717, 1.165) is 24.1 Å². The van der Waals surface area contributed by atoms with Crippen LogP contribution in [0.4, 0.5) is 0 Å². The van der Waals surface area contributed by atoms with E-state index in [1.807, 2.05) is 0 Å². The van der Waals surface area contributed by atoms with Crippen LogP contribution in [-0.2, 0) is 9.84 Å². The van der Waals surface area contributed by atoms with Crippen molar-refractivity contribution in [2.45, 2.75) is 17.9 Å². The fraction of sp³-hybridized carbons (Fsp3) is 0.538. The zero-order valence-corrected chi connectivity index (χ0v) is 13.4. The van der Waals surface area contributed by atoms with Gasteiger partial charge < -0.3 is 5.32 Å². The van der Waals surface area contributed by atoms with Gasteiger partial charge in [-0.15, -0.1) is 0 Å². The first kappa shape index (κ1) is 15.0. The van der Waals surface area contributed by atoms with Crippen LogP contribution in [0.5, 0.6) is 0 Å². The Morgan fingerprint density at radius 2 is 2.05 bits per heavy atom. The molecular formula is C13H19BrN2O2S. The second kappa shape index (κ2) is 6.35. The minimum atomic E-state index is -3.18. The van der Waals surface area contributed by atoms with Crippen molar-refractivity contribution in [3.05, 3.63) is 28.7 Å². The molecule has 0 amide bonds. The van der Waals surface area contributed by atoms with Gasteiger partial charge in [0.15, 0.2) is 9.84 Å². The molecule has 1 atom stereocenters. The Kier molecular flexibility index (Phi) is 5.00. The number of benzene rings is 1. The summed E-state index contributed by atoms with van der Waals surface area (Å²) in [7, 11) is -3.18. The van der Waals surface area contributed by atoms with E-state index in [1.165, 1.54) is 0 Å². The van der Waals surface area contributed by atoms with E-state index in [2.05, 4.69) is 33.1 Å². The second-order valence-corrected chi connectivity index (χ2v) is 7.89. The average Bonchev–Trinajstić information content (AvgIpc) is 2.38. The molecule has 1 N–H and O–H groups in total. The van der Waals surface area contributed by atoms with Crippen molar-refractivity contribution < 1.29 is 8.42 Å². The predicted molar refractivity (Wildman–Crippen MR) is 80.1 cm³/mol. The van der Waals surface area contributed by atoms with Crippen LogP contribution in [0.15, 0.2) is 33.6 Å². The zero-order chi connectivity index (χ0) is 13.9. The number of sulfone groups is 1. The van der Waals surface area contributed by atoms with E-state index in [0.29, 0.717) is 17.5 Å². The number of hydrogen-bond donors (Lipinski definition) is 1. The third kappa shape index (κ3) is 4.02. The van der Waals surface area contributed by atoms with Crippen LogP contribution in [0, 0.1) is 0 Å². The lowest BCUT2D eigenvalue weighted by atomic mass is 10.2. The number of hydrogen-bond acceptors (Lipinski definition) is 4.